The number of ether oxygens (including phenoxy) is 1. The summed E-state index contributed by atoms with van der Waals surface area (Å²) in [5.74, 6) is -0.392. The van der Waals surface area contributed by atoms with Gasteiger partial charge in [-0.3, -0.25) is 20.4 Å². The molecule has 2 N–H and O–H groups in total. The van der Waals surface area contributed by atoms with Crippen LogP contribution in [0.25, 0.3) is 21.5 Å². The van der Waals surface area contributed by atoms with Gasteiger partial charge in [0.25, 0.3) is 11.8 Å². The standard InChI is InChI=1S/C23H18N2O3/c1-28-21-14-17-9-3-2-8-16(17)13-20(21)23(27)25-24-22(26)19-12-6-10-15-7-4-5-11-18(15)19/h2-14H,1H3,(H,24,26)(H,25,27). The van der Waals surface area contributed by atoms with E-state index >= 15 is 0 Å². The third-order valence-corrected chi connectivity index (χ3v) is 4.64. The quantitative estimate of drug-likeness (QED) is 0.534. The van der Waals surface area contributed by atoms with Crippen LogP contribution in [-0.4, -0.2) is 18.9 Å². The van der Waals surface area contributed by atoms with E-state index in [1.807, 2.05) is 60.7 Å². The van der Waals surface area contributed by atoms with E-state index in [-0.39, 0.29) is 5.91 Å². The van der Waals surface area contributed by atoms with Gasteiger partial charge < -0.3 is 4.74 Å². The van der Waals surface area contributed by atoms with Crippen LogP contribution in [0.3, 0.4) is 0 Å². The van der Waals surface area contributed by atoms with Crippen LogP contribution >= 0.6 is 0 Å². The molecule has 0 spiro atoms. The summed E-state index contributed by atoms with van der Waals surface area (Å²) in [6.45, 7) is 0. The predicted molar refractivity (Wildman–Crippen MR) is 109 cm³/mol. The Bertz CT molecular complexity index is 1200. The van der Waals surface area contributed by atoms with Gasteiger partial charge in [-0.15, -0.1) is 0 Å². The lowest BCUT2D eigenvalue weighted by Gasteiger charge is -2.12. The third kappa shape index (κ3) is 3.25. The van der Waals surface area contributed by atoms with Crippen molar-refractivity contribution in [1.29, 1.82) is 0 Å². The highest BCUT2D eigenvalue weighted by Crippen LogP contribution is 2.26. The Kier molecular flexibility index (Phi) is 4.64. The number of fused-ring (bicyclic) bond motifs is 2. The molecule has 4 aromatic carbocycles. The summed E-state index contributed by atoms with van der Waals surface area (Å²) >= 11 is 0. The van der Waals surface area contributed by atoms with Gasteiger partial charge in [-0.2, -0.15) is 0 Å². The highest BCUT2D eigenvalue weighted by Gasteiger charge is 2.16. The Morgan fingerprint density at radius 3 is 1.96 bits per heavy atom. The van der Waals surface area contributed by atoms with Gasteiger partial charge in [-0.05, 0) is 39.7 Å². The van der Waals surface area contributed by atoms with Crippen molar-refractivity contribution in [1.82, 2.24) is 10.9 Å². The van der Waals surface area contributed by atoms with E-state index in [1.165, 1.54) is 7.11 Å². The molecule has 0 saturated carbocycles. The molecule has 0 unspecified atom stereocenters. The first-order valence-electron chi connectivity index (χ1n) is 8.82. The van der Waals surface area contributed by atoms with Crippen LogP contribution in [-0.2, 0) is 0 Å². The van der Waals surface area contributed by atoms with Gasteiger partial charge in [-0.1, -0.05) is 60.7 Å². The van der Waals surface area contributed by atoms with Crippen molar-refractivity contribution in [3.63, 3.8) is 0 Å². The number of rotatable bonds is 3. The maximum Gasteiger partial charge on any atom is 0.273 e. The summed E-state index contributed by atoms with van der Waals surface area (Å²) in [4.78, 5) is 25.3. The molecule has 0 aromatic heterocycles. The topological polar surface area (TPSA) is 67.4 Å². The number of nitrogens with one attached hydrogen (secondary N) is 2. The van der Waals surface area contributed by atoms with Crippen LogP contribution < -0.4 is 15.6 Å². The Labute approximate surface area is 161 Å². The lowest BCUT2D eigenvalue weighted by atomic mass is 10.0. The highest BCUT2D eigenvalue weighted by atomic mass is 16.5. The lowest BCUT2D eigenvalue weighted by molar-refractivity contribution is 0.0846. The van der Waals surface area contributed by atoms with Crippen LogP contribution in [0.2, 0.25) is 0 Å². The van der Waals surface area contributed by atoms with Crippen molar-refractivity contribution in [3.8, 4) is 5.75 Å². The number of hydrogen-bond acceptors (Lipinski definition) is 3. The minimum absolute atomic E-state index is 0.347. The van der Waals surface area contributed by atoms with Gasteiger partial charge in [0.1, 0.15) is 5.75 Å². The maximum absolute atomic E-state index is 12.7. The third-order valence-electron chi connectivity index (χ3n) is 4.64. The molecule has 0 saturated heterocycles. The molecule has 0 atom stereocenters. The Morgan fingerprint density at radius 1 is 0.679 bits per heavy atom. The molecule has 0 bridgehead atoms. The normalized spacial score (nSPS) is 10.6. The minimum atomic E-state index is -0.448. The fraction of sp³-hybridized carbons (Fsp3) is 0.0435. The van der Waals surface area contributed by atoms with Crippen molar-refractivity contribution in [2.75, 3.05) is 7.11 Å². The van der Waals surface area contributed by atoms with Crippen LogP contribution in [0.1, 0.15) is 20.7 Å². The van der Waals surface area contributed by atoms with Crippen LogP contribution in [0.5, 0.6) is 5.75 Å². The molecule has 0 radical (unpaired) electrons. The molecule has 138 valence electrons. The van der Waals surface area contributed by atoms with E-state index in [0.717, 1.165) is 21.5 Å². The van der Waals surface area contributed by atoms with Crippen molar-refractivity contribution < 1.29 is 14.3 Å². The van der Waals surface area contributed by atoms with Gasteiger partial charge in [0.05, 0.1) is 12.7 Å². The number of methoxy groups -OCH3 is 1. The largest absolute Gasteiger partial charge is 0.496 e. The molecule has 4 aromatic rings. The summed E-state index contributed by atoms with van der Waals surface area (Å²) < 4.78 is 5.35. The van der Waals surface area contributed by atoms with Crippen LogP contribution in [0.4, 0.5) is 0 Å². The molecule has 5 heteroatoms. The van der Waals surface area contributed by atoms with E-state index in [1.54, 1.807) is 18.2 Å². The summed E-state index contributed by atoms with van der Waals surface area (Å²) in [6.07, 6.45) is 0. The summed E-state index contributed by atoms with van der Waals surface area (Å²) in [5.41, 5.74) is 5.81. The molecule has 0 fully saturated rings. The molecule has 4 rings (SSSR count). The van der Waals surface area contributed by atoms with Gasteiger partial charge >= 0.3 is 0 Å². The second-order valence-corrected chi connectivity index (χ2v) is 6.33. The Morgan fingerprint density at radius 2 is 1.25 bits per heavy atom. The van der Waals surface area contributed by atoms with Gasteiger partial charge in [0, 0.05) is 5.56 Å². The molecule has 28 heavy (non-hydrogen) atoms. The van der Waals surface area contributed by atoms with E-state index in [2.05, 4.69) is 10.9 Å². The monoisotopic (exact) mass is 370 g/mol. The lowest BCUT2D eigenvalue weighted by Crippen LogP contribution is -2.41. The van der Waals surface area contributed by atoms with Crippen molar-refractivity contribution in [3.05, 3.63) is 90.0 Å². The van der Waals surface area contributed by atoms with Crippen LogP contribution in [0, 0.1) is 0 Å². The number of benzene rings is 4. The zero-order chi connectivity index (χ0) is 19.5. The van der Waals surface area contributed by atoms with Gasteiger partial charge in [-0.25, -0.2) is 0 Å². The van der Waals surface area contributed by atoms with E-state index in [9.17, 15) is 9.59 Å². The first-order chi connectivity index (χ1) is 13.7. The maximum atomic E-state index is 12.7. The smallest absolute Gasteiger partial charge is 0.273 e. The zero-order valence-corrected chi connectivity index (χ0v) is 15.2. The first-order valence-corrected chi connectivity index (χ1v) is 8.82. The number of carbonyl (C=O) groups excluding carboxylic acids is 2. The van der Waals surface area contributed by atoms with Crippen molar-refractivity contribution in [2.24, 2.45) is 0 Å². The van der Waals surface area contributed by atoms with Gasteiger partial charge in [0.15, 0.2) is 0 Å². The van der Waals surface area contributed by atoms with E-state index in [0.29, 0.717) is 16.9 Å². The Hall–Kier alpha value is -3.86. The zero-order valence-electron chi connectivity index (χ0n) is 15.2. The molecule has 2 amide bonds. The second-order valence-electron chi connectivity index (χ2n) is 6.33. The summed E-state index contributed by atoms with van der Waals surface area (Å²) in [7, 11) is 1.51. The molecular weight excluding hydrogens is 352 g/mol. The summed E-state index contributed by atoms with van der Waals surface area (Å²) in [5, 5.41) is 3.65. The van der Waals surface area contributed by atoms with Gasteiger partial charge in [0.2, 0.25) is 0 Å². The molecule has 0 aliphatic carbocycles. The first kappa shape index (κ1) is 17.5. The number of hydrogen-bond donors (Lipinski definition) is 2. The van der Waals surface area contributed by atoms with E-state index < -0.39 is 5.91 Å². The molecule has 0 heterocycles. The number of carbonyl (C=O) groups is 2. The molecule has 0 aliphatic rings. The predicted octanol–water partition coefficient (Wildman–Crippen LogP) is 4.08. The second kappa shape index (κ2) is 7.40. The highest BCUT2D eigenvalue weighted by molar-refractivity contribution is 6.08. The van der Waals surface area contributed by atoms with Crippen molar-refractivity contribution in [2.45, 2.75) is 0 Å². The molecule has 0 aliphatic heterocycles. The molecule has 5 nitrogen and oxygen atoms in total. The average molecular weight is 370 g/mol. The summed E-state index contributed by atoms with van der Waals surface area (Å²) in [6, 6.07) is 24.3. The fourth-order valence-corrected chi connectivity index (χ4v) is 3.24. The van der Waals surface area contributed by atoms with E-state index in [4.69, 9.17) is 4.74 Å². The average Bonchev–Trinajstić information content (AvgIpc) is 2.75. The number of amides is 2. The van der Waals surface area contributed by atoms with Crippen LogP contribution in [0.15, 0.2) is 78.9 Å². The van der Waals surface area contributed by atoms with Crippen molar-refractivity contribution >= 4 is 33.4 Å². The minimum Gasteiger partial charge on any atom is -0.496 e. The molecular formula is C23H18N2O3. The fourth-order valence-electron chi connectivity index (χ4n) is 3.24. The number of hydrazine groups is 1. The Balaban J connectivity index is 1.57. The SMILES string of the molecule is COc1cc2ccccc2cc1C(=O)NNC(=O)c1cccc2ccccc12.